The number of morpholine rings is 1. The van der Waals surface area contributed by atoms with Crippen molar-refractivity contribution in [3.63, 3.8) is 0 Å². The second-order valence-corrected chi connectivity index (χ2v) is 8.17. The highest BCUT2D eigenvalue weighted by atomic mass is 79.9. The van der Waals surface area contributed by atoms with Gasteiger partial charge in [-0.15, -0.1) is 10.2 Å². The fourth-order valence-electron chi connectivity index (χ4n) is 3.54. The smallest absolute Gasteiger partial charge is 0.269 e. The summed E-state index contributed by atoms with van der Waals surface area (Å²) < 4.78 is 13.2. The van der Waals surface area contributed by atoms with Gasteiger partial charge in [-0.05, 0) is 35.9 Å². The van der Waals surface area contributed by atoms with E-state index in [0.29, 0.717) is 19.9 Å². The van der Waals surface area contributed by atoms with Crippen LogP contribution in [0.5, 0.6) is 11.6 Å². The molecule has 0 atom stereocenters. The molecule has 4 rings (SSSR count). The Bertz CT molecular complexity index is 1100. The van der Waals surface area contributed by atoms with Crippen molar-refractivity contribution in [3.8, 4) is 11.6 Å². The van der Waals surface area contributed by atoms with E-state index in [2.05, 4.69) is 31.1 Å². The zero-order chi connectivity index (χ0) is 21.8. The lowest BCUT2D eigenvalue weighted by molar-refractivity contribution is -0.117. The third-order valence-electron chi connectivity index (χ3n) is 5.19. The first-order valence-corrected chi connectivity index (χ1v) is 10.7. The van der Waals surface area contributed by atoms with E-state index in [1.54, 1.807) is 23.8 Å². The molecule has 0 radical (unpaired) electrons. The van der Waals surface area contributed by atoms with Crippen molar-refractivity contribution in [2.45, 2.75) is 13.1 Å². The minimum Gasteiger partial charge on any atom is -0.497 e. The van der Waals surface area contributed by atoms with Crippen molar-refractivity contribution < 1.29 is 19.4 Å². The van der Waals surface area contributed by atoms with Gasteiger partial charge in [-0.2, -0.15) is 0 Å². The maximum Gasteiger partial charge on any atom is 0.269 e. The van der Waals surface area contributed by atoms with E-state index in [1.165, 1.54) is 0 Å². The topological polar surface area (TPSA) is 88.7 Å². The lowest BCUT2D eigenvalue weighted by Gasteiger charge is -2.27. The van der Waals surface area contributed by atoms with Gasteiger partial charge in [-0.3, -0.25) is 14.3 Å². The number of aromatic hydroxyl groups is 1. The molecule has 1 aliphatic rings. The van der Waals surface area contributed by atoms with Crippen LogP contribution in [0.3, 0.4) is 0 Å². The average Bonchev–Trinajstić information content (AvgIpc) is 3.03. The maximum absolute atomic E-state index is 12.4. The Kier molecular flexibility index (Phi) is 6.64. The van der Waals surface area contributed by atoms with Crippen LogP contribution in [0, 0.1) is 0 Å². The highest BCUT2D eigenvalue weighted by molar-refractivity contribution is 9.10. The average molecular weight is 487 g/mol. The number of aromatic nitrogens is 1. The van der Waals surface area contributed by atoms with Crippen molar-refractivity contribution in [3.05, 3.63) is 52.5 Å². The molecule has 0 spiro atoms. The first-order chi connectivity index (χ1) is 15.0. The number of rotatable bonds is 6. The normalized spacial score (nSPS) is 15.0. The number of carbonyl (C=O) groups excluding carboxylic acids is 1. The number of ether oxygens (including phenoxy) is 2. The number of carbonyl (C=O) groups is 1. The van der Waals surface area contributed by atoms with E-state index in [9.17, 15) is 9.90 Å². The molecule has 2 heterocycles. The number of azo groups is 1. The summed E-state index contributed by atoms with van der Waals surface area (Å²) in [5.74, 6) is 0.315. The third-order valence-corrected chi connectivity index (χ3v) is 5.69. The summed E-state index contributed by atoms with van der Waals surface area (Å²) in [5.41, 5.74) is 1.92. The minimum atomic E-state index is -0.395. The van der Waals surface area contributed by atoms with E-state index in [1.807, 2.05) is 30.3 Å². The van der Waals surface area contributed by atoms with Crippen molar-refractivity contribution in [1.29, 1.82) is 0 Å². The quantitative estimate of drug-likeness (QED) is 0.525. The van der Waals surface area contributed by atoms with Crippen molar-refractivity contribution in [1.82, 2.24) is 9.47 Å². The Labute approximate surface area is 188 Å². The van der Waals surface area contributed by atoms with E-state index in [0.717, 1.165) is 39.8 Å². The molecule has 31 heavy (non-hydrogen) atoms. The number of methoxy groups -OCH3 is 1. The van der Waals surface area contributed by atoms with Gasteiger partial charge >= 0.3 is 0 Å². The Balaban J connectivity index is 1.59. The molecule has 1 saturated heterocycles. The van der Waals surface area contributed by atoms with Crippen molar-refractivity contribution in [2.24, 2.45) is 10.2 Å². The van der Waals surface area contributed by atoms with E-state index >= 15 is 0 Å². The van der Waals surface area contributed by atoms with Crippen LogP contribution in [0.2, 0.25) is 0 Å². The first-order valence-electron chi connectivity index (χ1n) is 9.93. The van der Waals surface area contributed by atoms with Gasteiger partial charge in [0.2, 0.25) is 5.88 Å². The molecule has 9 heteroatoms. The van der Waals surface area contributed by atoms with Gasteiger partial charge in [0, 0.05) is 22.9 Å². The lowest BCUT2D eigenvalue weighted by atomic mass is 10.1. The number of hydrogen-bond donors (Lipinski definition) is 1. The molecule has 0 saturated carbocycles. The molecule has 1 fully saturated rings. The van der Waals surface area contributed by atoms with Crippen LogP contribution in [-0.4, -0.2) is 53.9 Å². The predicted octanol–water partition coefficient (Wildman–Crippen LogP) is 4.26. The molecule has 3 aromatic rings. The van der Waals surface area contributed by atoms with Crippen LogP contribution < -0.4 is 4.74 Å². The second kappa shape index (κ2) is 9.59. The minimum absolute atomic E-state index is 0.0133. The predicted molar refractivity (Wildman–Crippen MR) is 120 cm³/mol. The molecule has 2 aromatic carbocycles. The molecule has 1 aliphatic heterocycles. The standard InChI is InChI=1S/C22H23BrN4O4/c1-30-17-5-2-15(3-6-17)12-20(28)24-25-21-18-13-16(23)4-7-19(18)27(22(21)29)14-26-8-10-31-11-9-26/h2-7,13,29H,8-12,14H2,1H3. The summed E-state index contributed by atoms with van der Waals surface area (Å²) in [6.07, 6.45) is 0.115. The molecule has 1 aromatic heterocycles. The van der Waals surface area contributed by atoms with Gasteiger partial charge in [-0.25, -0.2) is 0 Å². The molecule has 0 aliphatic carbocycles. The molecule has 162 valence electrons. The number of amides is 1. The molecule has 1 amide bonds. The summed E-state index contributed by atoms with van der Waals surface area (Å²) in [6, 6.07) is 12.9. The molecular weight excluding hydrogens is 464 g/mol. The molecule has 8 nitrogen and oxygen atoms in total. The third kappa shape index (κ3) is 4.95. The summed E-state index contributed by atoms with van der Waals surface area (Å²) in [6.45, 7) is 3.40. The lowest BCUT2D eigenvalue weighted by Crippen LogP contribution is -2.37. The van der Waals surface area contributed by atoms with E-state index in [-0.39, 0.29) is 18.0 Å². The number of fused-ring (bicyclic) bond motifs is 1. The van der Waals surface area contributed by atoms with Crippen LogP contribution in [0.15, 0.2) is 57.2 Å². The SMILES string of the molecule is COc1ccc(CC(=O)N=Nc2c(O)n(CN3CCOCC3)c3ccc(Br)cc23)cc1. The number of nitrogens with zero attached hydrogens (tertiary/aromatic N) is 4. The van der Waals surface area contributed by atoms with Crippen molar-refractivity contribution in [2.75, 3.05) is 33.4 Å². The van der Waals surface area contributed by atoms with Crippen LogP contribution in [-0.2, 0) is 22.6 Å². The summed E-state index contributed by atoms with van der Waals surface area (Å²) in [7, 11) is 1.59. The van der Waals surface area contributed by atoms with Gasteiger partial charge in [0.25, 0.3) is 5.91 Å². The fraction of sp³-hybridized carbons (Fsp3) is 0.318. The zero-order valence-electron chi connectivity index (χ0n) is 17.1. The van der Waals surface area contributed by atoms with E-state index < -0.39 is 5.91 Å². The van der Waals surface area contributed by atoms with Crippen molar-refractivity contribution >= 4 is 38.4 Å². The monoisotopic (exact) mass is 486 g/mol. The molecular formula is C22H23BrN4O4. The Morgan fingerprint density at radius 2 is 1.94 bits per heavy atom. The van der Waals surface area contributed by atoms with E-state index in [4.69, 9.17) is 9.47 Å². The highest BCUT2D eigenvalue weighted by Gasteiger charge is 2.20. The van der Waals surface area contributed by atoms with Gasteiger partial charge in [0.05, 0.1) is 38.9 Å². The summed E-state index contributed by atoms with van der Waals surface area (Å²) in [4.78, 5) is 14.6. The Hall–Kier alpha value is -2.75. The van der Waals surface area contributed by atoms with Gasteiger partial charge in [0.15, 0.2) is 5.69 Å². The Morgan fingerprint density at radius 3 is 2.65 bits per heavy atom. The number of benzene rings is 2. The van der Waals surface area contributed by atoms with Crippen LogP contribution in [0.1, 0.15) is 5.56 Å². The van der Waals surface area contributed by atoms with Crippen LogP contribution >= 0.6 is 15.9 Å². The van der Waals surface area contributed by atoms with Gasteiger partial charge in [0.1, 0.15) is 5.75 Å². The molecule has 1 N–H and O–H groups in total. The fourth-order valence-corrected chi connectivity index (χ4v) is 3.90. The second-order valence-electron chi connectivity index (χ2n) is 7.25. The van der Waals surface area contributed by atoms with Crippen LogP contribution in [0.25, 0.3) is 10.9 Å². The summed E-state index contributed by atoms with van der Waals surface area (Å²) >= 11 is 3.47. The molecule has 0 bridgehead atoms. The maximum atomic E-state index is 12.4. The number of hydrogen-bond acceptors (Lipinski definition) is 6. The Morgan fingerprint density at radius 1 is 1.19 bits per heavy atom. The zero-order valence-corrected chi connectivity index (χ0v) is 18.7. The largest absolute Gasteiger partial charge is 0.497 e. The summed E-state index contributed by atoms with van der Waals surface area (Å²) in [5, 5.41) is 19.6. The first kappa shape index (κ1) is 21.5. The van der Waals surface area contributed by atoms with Gasteiger partial charge in [-0.1, -0.05) is 28.1 Å². The number of halogens is 1. The van der Waals surface area contributed by atoms with Crippen LogP contribution in [0.4, 0.5) is 5.69 Å². The molecule has 0 unspecified atom stereocenters. The highest BCUT2D eigenvalue weighted by Crippen LogP contribution is 2.40. The van der Waals surface area contributed by atoms with Gasteiger partial charge < -0.3 is 14.6 Å².